The molecule has 1 amide bonds. The molecule has 5 heteroatoms. The van der Waals surface area contributed by atoms with E-state index in [1.807, 2.05) is 78.9 Å². The molecule has 0 radical (unpaired) electrons. The summed E-state index contributed by atoms with van der Waals surface area (Å²) in [6.45, 7) is 0. The molecule has 4 aromatic rings. The van der Waals surface area contributed by atoms with E-state index in [9.17, 15) is 4.79 Å². The molecule has 0 saturated carbocycles. The molecule has 0 fully saturated rings. The van der Waals surface area contributed by atoms with Gasteiger partial charge in [-0.3, -0.25) is 4.79 Å². The molecule has 4 rings (SSSR count). The summed E-state index contributed by atoms with van der Waals surface area (Å²) in [5.74, 6) is 0.430. The number of rotatable bonds is 5. The van der Waals surface area contributed by atoms with Crippen molar-refractivity contribution < 1.29 is 9.53 Å². The maximum Gasteiger partial charge on any atom is 0.288 e. The predicted octanol–water partition coefficient (Wildman–Crippen LogP) is 4.61. The molecule has 1 aromatic heterocycles. The van der Waals surface area contributed by atoms with Crippen LogP contribution in [0.15, 0.2) is 84.0 Å². The van der Waals surface area contributed by atoms with Crippen LogP contribution in [0.25, 0.3) is 22.0 Å². The first-order valence-corrected chi connectivity index (χ1v) is 8.90. The summed E-state index contributed by atoms with van der Waals surface area (Å²) >= 11 is 0. The minimum Gasteiger partial charge on any atom is -0.497 e. The Morgan fingerprint density at radius 3 is 2.43 bits per heavy atom. The third-order valence-corrected chi connectivity index (χ3v) is 4.47. The number of aromatic nitrogens is 1. The van der Waals surface area contributed by atoms with Crippen LogP contribution in [0.3, 0.4) is 0 Å². The minimum atomic E-state index is -0.304. The van der Waals surface area contributed by atoms with E-state index in [-0.39, 0.29) is 5.91 Å². The first-order chi connectivity index (χ1) is 13.8. The Labute approximate surface area is 162 Å². The summed E-state index contributed by atoms with van der Waals surface area (Å²) in [6.07, 6.45) is 1.62. The highest BCUT2D eigenvalue weighted by atomic mass is 16.5. The largest absolute Gasteiger partial charge is 0.497 e. The predicted molar refractivity (Wildman–Crippen MR) is 112 cm³/mol. The number of carbonyl (C=O) groups is 1. The summed E-state index contributed by atoms with van der Waals surface area (Å²) in [7, 11) is 1.63. The average molecular weight is 369 g/mol. The van der Waals surface area contributed by atoms with Crippen LogP contribution in [0.5, 0.6) is 5.75 Å². The van der Waals surface area contributed by atoms with Crippen molar-refractivity contribution in [2.45, 2.75) is 0 Å². The number of nitrogens with zero attached hydrogens (tertiary/aromatic N) is 1. The normalized spacial score (nSPS) is 11.0. The van der Waals surface area contributed by atoms with Crippen molar-refractivity contribution in [3.8, 4) is 16.9 Å². The van der Waals surface area contributed by atoms with E-state index >= 15 is 0 Å². The van der Waals surface area contributed by atoms with E-state index in [4.69, 9.17) is 4.74 Å². The van der Waals surface area contributed by atoms with E-state index in [0.717, 1.165) is 33.3 Å². The lowest BCUT2D eigenvalue weighted by atomic mass is 10.0. The van der Waals surface area contributed by atoms with Gasteiger partial charge in [-0.15, -0.1) is 0 Å². The van der Waals surface area contributed by atoms with Crippen LogP contribution in [-0.4, -0.2) is 24.2 Å². The number of benzene rings is 3. The zero-order valence-corrected chi connectivity index (χ0v) is 15.3. The van der Waals surface area contributed by atoms with Gasteiger partial charge in [-0.05, 0) is 29.3 Å². The Bertz CT molecular complexity index is 1130. The molecule has 0 spiro atoms. The number of methoxy groups -OCH3 is 1. The van der Waals surface area contributed by atoms with Gasteiger partial charge in [0.05, 0.1) is 13.3 Å². The molecular weight excluding hydrogens is 350 g/mol. The van der Waals surface area contributed by atoms with Crippen LogP contribution in [0, 0.1) is 0 Å². The summed E-state index contributed by atoms with van der Waals surface area (Å²) in [4.78, 5) is 16.1. The van der Waals surface area contributed by atoms with E-state index in [1.165, 1.54) is 0 Å². The average Bonchev–Trinajstić information content (AvgIpc) is 3.13. The Morgan fingerprint density at radius 1 is 1.00 bits per heavy atom. The zero-order chi connectivity index (χ0) is 19.3. The number of hydrogen-bond donors (Lipinski definition) is 2. The lowest BCUT2D eigenvalue weighted by Crippen LogP contribution is -2.18. The number of ether oxygens (including phenoxy) is 1. The van der Waals surface area contributed by atoms with Crippen LogP contribution in [0.4, 0.5) is 0 Å². The van der Waals surface area contributed by atoms with Gasteiger partial charge >= 0.3 is 0 Å². The minimum absolute atomic E-state index is 0.304. The van der Waals surface area contributed by atoms with Crippen molar-refractivity contribution in [3.05, 3.63) is 90.1 Å². The van der Waals surface area contributed by atoms with E-state index in [0.29, 0.717) is 5.69 Å². The maximum absolute atomic E-state index is 12.9. The van der Waals surface area contributed by atoms with Crippen LogP contribution in [0.1, 0.15) is 16.1 Å². The Kier molecular flexibility index (Phi) is 4.89. The number of fused-ring (bicyclic) bond motifs is 1. The van der Waals surface area contributed by atoms with Crippen molar-refractivity contribution in [3.63, 3.8) is 0 Å². The highest BCUT2D eigenvalue weighted by molar-refractivity contribution is 6.10. The summed E-state index contributed by atoms with van der Waals surface area (Å²) < 4.78 is 5.36. The fourth-order valence-corrected chi connectivity index (χ4v) is 3.13. The van der Waals surface area contributed by atoms with E-state index in [2.05, 4.69) is 15.5 Å². The van der Waals surface area contributed by atoms with Gasteiger partial charge in [-0.25, -0.2) is 5.43 Å². The quantitative estimate of drug-likeness (QED) is 0.399. The van der Waals surface area contributed by atoms with Gasteiger partial charge in [0.1, 0.15) is 11.4 Å². The molecule has 2 N–H and O–H groups in total. The SMILES string of the molecule is COc1ccc2[nH]c(C(=O)NN=Cc3ccccc3)c(-c3ccccc3)c2c1. The molecule has 138 valence electrons. The summed E-state index contributed by atoms with van der Waals surface area (Å²) in [6, 6.07) is 25.1. The van der Waals surface area contributed by atoms with Gasteiger partial charge in [0, 0.05) is 16.5 Å². The fraction of sp³-hybridized carbons (Fsp3) is 0.0435. The lowest BCUT2D eigenvalue weighted by molar-refractivity contribution is 0.0951. The van der Waals surface area contributed by atoms with E-state index < -0.39 is 0 Å². The highest BCUT2D eigenvalue weighted by Gasteiger charge is 2.19. The number of hydrogen-bond acceptors (Lipinski definition) is 3. The second-order valence-electron chi connectivity index (χ2n) is 6.26. The number of nitrogens with one attached hydrogen (secondary N) is 2. The number of H-pyrrole nitrogens is 1. The molecule has 0 unspecified atom stereocenters. The third kappa shape index (κ3) is 3.50. The maximum atomic E-state index is 12.9. The Balaban J connectivity index is 1.73. The molecular formula is C23H19N3O2. The molecule has 5 nitrogen and oxygen atoms in total. The molecule has 1 heterocycles. The van der Waals surface area contributed by atoms with Crippen LogP contribution in [-0.2, 0) is 0 Å². The zero-order valence-electron chi connectivity index (χ0n) is 15.3. The van der Waals surface area contributed by atoms with Gasteiger partial charge in [-0.2, -0.15) is 5.10 Å². The van der Waals surface area contributed by atoms with Crippen LogP contribution in [0.2, 0.25) is 0 Å². The Morgan fingerprint density at radius 2 is 1.71 bits per heavy atom. The molecule has 0 atom stereocenters. The van der Waals surface area contributed by atoms with Gasteiger partial charge < -0.3 is 9.72 Å². The van der Waals surface area contributed by atoms with Crippen molar-refractivity contribution >= 4 is 23.0 Å². The highest BCUT2D eigenvalue weighted by Crippen LogP contribution is 2.34. The van der Waals surface area contributed by atoms with Gasteiger partial charge in [0.25, 0.3) is 5.91 Å². The van der Waals surface area contributed by atoms with Gasteiger partial charge in [0.15, 0.2) is 0 Å². The van der Waals surface area contributed by atoms with Crippen molar-refractivity contribution in [1.29, 1.82) is 0 Å². The summed E-state index contributed by atoms with van der Waals surface area (Å²) in [5, 5.41) is 5.01. The van der Waals surface area contributed by atoms with Crippen molar-refractivity contribution in [1.82, 2.24) is 10.4 Å². The standard InChI is InChI=1S/C23H19N3O2/c1-28-18-12-13-20-19(14-18)21(17-10-6-3-7-11-17)22(25-20)23(27)26-24-15-16-8-4-2-5-9-16/h2-15,25H,1H3,(H,26,27). The lowest BCUT2D eigenvalue weighted by Gasteiger charge is -2.05. The van der Waals surface area contributed by atoms with Crippen molar-refractivity contribution in [2.75, 3.05) is 7.11 Å². The second-order valence-corrected chi connectivity index (χ2v) is 6.26. The summed E-state index contributed by atoms with van der Waals surface area (Å²) in [5.41, 5.74) is 6.61. The molecule has 0 aliphatic heterocycles. The van der Waals surface area contributed by atoms with Gasteiger partial charge in [-0.1, -0.05) is 60.7 Å². The smallest absolute Gasteiger partial charge is 0.288 e. The molecule has 0 aliphatic carbocycles. The second kappa shape index (κ2) is 7.80. The molecule has 28 heavy (non-hydrogen) atoms. The van der Waals surface area contributed by atoms with E-state index in [1.54, 1.807) is 13.3 Å². The van der Waals surface area contributed by atoms with Crippen molar-refractivity contribution in [2.24, 2.45) is 5.10 Å². The topological polar surface area (TPSA) is 66.5 Å². The number of aromatic amines is 1. The first-order valence-electron chi connectivity index (χ1n) is 8.90. The fourth-order valence-electron chi connectivity index (χ4n) is 3.13. The molecule has 3 aromatic carbocycles. The van der Waals surface area contributed by atoms with Crippen LogP contribution < -0.4 is 10.2 Å². The Hall–Kier alpha value is -3.86. The molecule has 0 aliphatic rings. The number of amides is 1. The molecule has 0 bridgehead atoms. The molecule has 0 saturated heterocycles. The van der Waals surface area contributed by atoms with Crippen LogP contribution >= 0.6 is 0 Å². The number of hydrazone groups is 1. The third-order valence-electron chi connectivity index (χ3n) is 4.47. The number of carbonyl (C=O) groups excluding carboxylic acids is 1. The first kappa shape index (κ1) is 17.5. The van der Waals surface area contributed by atoms with Gasteiger partial charge in [0.2, 0.25) is 0 Å². The monoisotopic (exact) mass is 369 g/mol.